The summed E-state index contributed by atoms with van der Waals surface area (Å²) in [5, 5.41) is 14.0. The summed E-state index contributed by atoms with van der Waals surface area (Å²) in [5.74, 6) is 0.752. The molecule has 0 saturated carbocycles. The van der Waals surface area contributed by atoms with Gasteiger partial charge in [-0.1, -0.05) is 29.8 Å². The van der Waals surface area contributed by atoms with E-state index in [4.69, 9.17) is 11.6 Å². The molecular weight excluding hydrogens is 274 g/mol. The molecule has 0 aliphatic rings. The Balaban J connectivity index is 1.96. The van der Waals surface area contributed by atoms with Crippen molar-refractivity contribution < 1.29 is 0 Å². The van der Waals surface area contributed by atoms with Crippen LogP contribution in [-0.4, -0.2) is 22.7 Å². The molecule has 0 bridgehead atoms. The summed E-state index contributed by atoms with van der Waals surface area (Å²) >= 11 is 6.12. The van der Waals surface area contributed by atoms with Crippen LogP contribution < -0.4 is 10.6 Å². The first-order valence-electron chi connectivity index (χ1n) is 6.53. The fourth-order valence-electron chi connectivity index (χ4n) is 1.69. The van der Waals surface area contributed by atoms with E-state index in [1.54, 1.807) is 6.20 Å². The molecule has 5 nitrogen and oxygen atoms in total. The van der Waals surface area contributed by atoms with Gasteiger partial charge < -0.3 is 10.6 Å². The van der Waals surface area contributed by atoms with Gasteiger partial charge in [-0.2, -0.15) is 5.10 Å². The Bertz CT molecular complexity index is 550. The minimum Gasteiger partial charge on any atom is -0.357 e. The quantitative estimate of drug-likeness (QED) is 0.585. The molecule has 0 unspecified atom stereocenters. The summed E-state index contributed by atoms with van der Waals surface area (Å²) in [6.45, 7) is 4.02. The second kappa shape index (κ2) is 7.55. The van der Waals surface area contributed by atoms with Crippen LogP contribution in [0.25, 0.3) is 0 Å². The number of H-pyrrole nitrogens is 1. The highest BCUT2D eigenvalue weighted by molar-refractivity contribution is 6.31. The van der Waals surface area contributed by atoms with Crippen molar-refractivity contribution in [3.05, 3.63) is 52.8 Å². The van der Waals surface area contributed by atoms with Crippen LogP contribution in [-0.2, 0) is 13.1 Å². The molecule has 1 heterocycles. The molecule has 0 aliphatic heterocycles. The Hall–Kier alpha value is -2.01. The first kappa shape index (κ1) is 14.4. The molecule has 0 amide bonds. The number of hydrogen-bond donors (Lipinski definition) is 3. The van der Waals surface area contributed by atoms with Crippen molar-refractivity contribution in [1.82, 2.24) is 20.8 Å². The Kier molecular flexibility index (Phi) is 5.43. The van der Waals surface area contributed by atoms with Gasteiger partial charge >= 0.3 is 0 Å². The number of aliphatic imine (C=N–C) groups is 1. The van der Waals surface area contributed by atoms with E-state index in [0.29, 0.717) is 13.1 Å². The summed E-state index contributed by atoms with van der Waals surface area (Å²) in [6, 6.07) is 9.64. The zero-order valence-electron chi connectivity index (χ0n) is 11.4. The Labute approximate surface area is 123 Å². The highest BCUT2D eigenvalue weighted by Crippen LogP contribution is 2.15. The summed E-state index contributed by atoms with van der Waals surface area (Å²) in [4.78, 5) is 4.52. The smallest absolute Gasteiger partial charge is 0.191 e. The summed E-state index contributed by atoms with van der Waals surface area (Å²) in [6.07, 6.45) is 1.73. The maximum Gasteiger partial charge on any atom is 0.191 e. The van der Waals surface area contributed by atoms with Gasteiger partial charge in [-0.15, -0.1) is 0 Å². The molecule has 1 aromatic carbocycles. The predicted octanol–water partition coefficient (Wildman–Crippen LogP) is 2.32. The van der Waals surface area contributed by atoms with Crippen LogP contribution in [0.1, 0.15) is 18.2 Å². The molecule has 1 aromatic heterocycles. The molecule has 20 heavy (non-hydrogen) atoms. The van der Waals surface area contributed by atoms with Crippen LogP contribution in [0.2, 0.25) is 5.02 Å². The van der Waals surface area contributed by atoms with Crippen molar-refractivity contribution >= 4 is 17.6 Å². The molecule has 0 radical (unpaired) electrons. The maximum atomic E-state index is 6.12. The average molecular weight is 292 g/mol. The number of rotatable bonds is 5. The molecule has 2 aromatic rings. The normalized spacial score (nSPS) is 11.4. The van der Waals surface area contributed by atoms with Gasteiger partial charge in [-0.25, -0.2) is 4.99 Å². The number of guanidine groups is 1. The zero-order chi connectivity index (χ0) is 14.2. The molecule has 106 valence electrons. The third-order valence-corrected chi connectivity index (χ3v) is 3.08. The highest BCUT2D eigenvalue weighted by atomic mass is 35.5. The van der Waals surface area contributed by atoms with Crippen molar-refractivity contribution in [3.8, 4) is 0 Å². The lowest BCUT2D eigenvalue weighted by molar-refractivity contribution is 0.794. The van der Waals surface area contributed by atoms with E-state index in [1.165, 1.54) is 0 Å². The SMILES string of the molecule is CCNC(=NCc1ccccc1Cl)NCc1ccn[nH]1. The number of halogens is 1. The average Bonchev–Trinajstić information content (AvgIpc) is 2.97. The van der Waals surface area contributed by atoms with E-state index >= 15 is 0 Å². The molecule has 0 spiro atoms. The van der Waals surface area contributed by atoms with E-state index in [1.807, 2.05) is 37.3 Å². The van der Waals surface area contributed by atoms with Crippen molar-refractivity contribution in [2.45, 2.75) is 20.0 Å². The van der Waals surface area contributed by atoms with Crippen LogP contribution >= 0.6 is 11.6 Å². The summed E-state index contributed by atoms with van der Waals surface area (Å²) in [7, 11) is 0. The van der Waals surface area contributed by atoms with Crippen molar-refractivity contribution in [2.75, 3.05) is 6.54 Å². The Morgan fingerprint density at radius 2 is 2.15 bits per heavy atom. The van der Waals surface area contributed by atoms with Crippen molar-refractivity contribution in [1.29, 1.82) is 0 Å². The summed E-state index contributed by atoms with van der Waals surface area (Å²) < 4.78 is 0. The lowest BCUT2D eigenvalue weighted by Crippen LogP contribution is -2.36. The zero-order valence-corrected chi connectivity index (χ0v) is 12.1. The van der Waals surface area contributed by atoms with Crippen molar-refractivity contribution in [2.24, 2.45) is 4.99 Å². The van der Waals surface area contributed by atoms with Gasteiger partial charge in [0.2, 0.25) is 0 Å². The summed E-state index contributed by atoms with van der Waals surface area (Å²) in [5.41, 5.74) is 2.02. The van der Waals surface area contributed by atoms with Crippen molar-refractivity contribution in [3.63, 3.8) is 0 Å². The van der Waals surface area contributed by atoms with Crippen LogP contribution in [0.3, 0.4) is 0 Å². The molecule has 0 aliphatic carbocycles. The highest BCUT2D eigenvalue weighted by Gasteiger charge is 2.01. The van der Waals surface area contributed by atoms with Gasteiger partial charge in [0, 0.05) is 17.8 Å². The number of aromatic nitrogens is 2. The molecule has 6 heteroatoms. The third kappa shape index (κ3) is 4.28. The molecule has 2 rings (SSSR count). The van der Waals surface area contributed by atoms with Gasteiger partial charge in [-0.3, -0.25) is 5.10 Å². The number of benzene rings is 1. The van der Waals surface area contributed by atoms with Crippen LogP contribution in [0.15, 0.2) is 41.5 Å². The second-order valence-electron chi connectivity index (χ2n) is 4.22. The largest absolute Gasteiger partial charge is 0.357 e. The molecule has 0 atom stereocenters. The molecular formula is C14H18ClN5. The second-order valence-corrected chi connectivity index (χ2v) is 4.63. The van der Waals surface area contributed by atoms with Gasteiger partial charge in [-0.05, 0) is 24.6 Å². The number of nitrogens with zero attached hydrogens (tertiary/aromatic N) is 2. The molecule has 3 N–H and O–H groups in total. The van der Waals surface area contributed by atoms with Gasteiger partial charge in [0.25, 0.3) is 0 Å². The number of aromatic amines is 1. The van der Waals surface area contributed by atoms with E-state index in [2.05, 4.69) is 25.8 Å². The maximum absolute atomic E-state index is 6.12. The predicted molar refractivity (Wildman–Crippen MR) is 81.7 cm³/mol. The first-order chi connectivity index (χ1) is 9.79. The fourth-order valence-corrected chi connectivity index (χ4v) is 1.89. The third-order valence-electron chi connectivity index (χ3n) is 2.71. The monoisotopic (exact) mass is 291 g/mol. The topological polar surface area (TPSA) is 65.1 Å². The minimum absolute atomic E-state index is 0.540. The van der Waals surface area contributed by atoms with E-state index in [9.17, 15) is 0 Å². The Morgan fingerprint density at radius 1 is 1.30 bits per heavy atom. The number of nitrogens with one attached hydrogen (secondary N) is 3. The van der Waals surface area contributed by atoms with E-state index < -0.39 is 0 Å². The minimum atomic E-state index is 0.540. The van der Waals surface area contributed by atoms with E-state index in [0.717, 1.165) is 28.8 Å². The van der Waals surface area contributed by atoms with Crippen LogP contribution in [0, 0.1) is 0 Å². The van der Waals surface area contributed by atoms with Gasteiger partial charge in [0.05, 0.1) is 18.8 Å². The first-order valence-corrected chi connectivity index (χ1v) is 6.91. The van der Waals surface area contributed by atoms with E-state index in [-0.39, 0.29) is 0 Å². The lowest BCUT2D eigenvalue weighted by Gasteiger charge is -2.10. The molecule has 0 fully saturated rings. The molecule has 0 saturated heterocycles. The lowest BCUT2D eigenvalue weighted by atomic mass is 10.2. The fraction of sp³-hybridized carbons (Fsp3) is 0.286. The standard InChI is InChI=1S/C14H18ClN5/c1-2-16-14(18-10-12-7-8-19-20-12)17-9-11-5-3-4-6-13(11)15/h3-8H,2,9-10H2,1H3,(H,19,20)(H2,16,17,18). The Morgan fingerprint density at radius 3 is 2.85 bits per heavy atom. The number of hydrogen-bond acceptors (Lipinski definition) is 2. The van der Waals surface area contributed by atoms with Crippen LogP contribution in [0.4, 0.5) is 0 Å². The van der Waals surface area contributed by atoms with Gasteiger partial charge in [0.15, 0.2) is 5.96 Å². The van der Waals surface area contributed by atoms with Crippen LogP contribution in [0.5, 0.6) is 0 Å². The van der Waals surface area contributed by atoms with Gasteiger partial charge in [0.1, 0.15) is 0 Å².